The van der Waals surface area contributed by atoms with E-state index < -0.39 is 18.0 Å². The zero-order valence-electron chi connectivity index (χ0n) is 10.1. The molecule has 0 aromatic rings. The van der Waals surface area contributed by atoms with E-state index in [9.17, 15) is 24.9 Å². The molecule has 1 heterocycles. The fourth-order valence-electron chi connectivity index (χ4n) is 1.65. The Morgan fingerprint density at radius 1 is 1.06 bits per heavy atom. The average molecular weight is 262 g/mol. The summed E-state index contributed by atoms with van der Waals surface area (Å²) in [5, 5.41) is 30.0. The number of aliphatic hydroxyl groups is 1. The molecule has 1 aliphatic rings. The van der Waals surface area contributed by atoms with Crippen LogP contribution in [0.15, 0.2) is 0 Å². The Labute approximate surface area is 143 Å². The monoisotopic (exact) mass is 262 g/mol. The Bertz CT molecular complexity index is 242. The molecule has 0 radical (unpaired) electrons. The van der Waals surface area contributed by atoms with E-state index in [-0.39, 0.29) is 92.0 Å². The summed E-state index contributed by atoms with van der Waals surface area (Å²) in [4.78, 5) is 23.5. The van der Waals surface area contributed by atoms with Gasteiger partial charge in [-0.1, -0.05) is 0 Å². The summed E-state index contributed by atoms with van der Waals surface area (Å²) in [5.74, 6) is -2.50. The zero-order chi connectivity index (χ0) is 11.4. The molecule has 0 atom stereocenters. The van der Waals surface area contributed by atoms with Gasteiger partial charge in [0.25, 0.3) is 0 Å². The van der Waals surface area contributed by atoms with Crippen LogP contribution >= 0.6 is 0 Å². The van der Waals surface area contributed by atoms with Crippen molar-refractivity contribution in [3.63, 3.8) is 0 Å². The molecule has 1 fully saturated rings. The largest absolute Gasteiger partial charge is 1.00 e. The van der Waals surface area contributed by atoms with E-state index in [1.54, 1.807) is 0 Å². The van der Waals surface area contributed by atoms with Gasteiger partial charge in [0.05, 0.1) is 24.7 Å². The van der Waals surface area contributed by atoms with Crippen LogP contribution in [-0.4, -0.2) is 65.8 Å². The van der Waals surface area contributed by atoms with Crippen LogP contribution in [0.3, 0.4) is 0 Å². The van der Waals surface area contributed by atoms with Crippen LogP contribution in [0.1, 0.15) is 0 Å². The van der Waals surface area contributed by atoms with Crippen LogP contribution in [-0.2, 0) is 9.59 Å². The van der Waals surface area contributed by atoms with Crippen LogP contribution in [0, 0.1) is 0 Å². The molecule has 0 aliphatic carbocycles. The quantitative estimate of drug-likeness (QED) is 0.501. The van der Waals surface area contributed by atoms with Gasteiger partial charge in [-0.25, -0.2) is 0 Å². The second kappa shape index (κ2) is 9.71. The predicted octanol–water partition coefficient (Wildman–Crippen LogP) is -10.6. The number of nitrogens with zero attached hydrogens (tertiary/aromatic N) is 2. The molecule has 17 heavy (non-hydrogen) atoms. The Balaban J connectivity index is 0. The first-order valence-electron chi connectivity index (χ1n) is 4.50. The van der Waals surface area contributed by atoms with E-state index in [0.29, 0.717) is 0 Å². The number of carbonyl (C=O) groups excluding carboxylic acids is 2. The van der Waals surface area contributed by atoms with Crippen LogP contribution in [0.2, 0.25) is 0 Å². The Kier molecular flexibility index (Phi) is 11.5. The molecule has 86 valence electrons. The minimum absolute atomic E-state index is 0. The van der Waals surface area contributed by atoms with Crippen molar-refractivity contribution in [2.24, 2.45) is 0 Å². The molecule has 1 saturated heterocycles. The summed E-state index contributed by atoms with van der Waals surface area (Å²) in [6.07, 6.45) is -0.752. The number of aliphatic carboxylic acids is 2. The van der Waals surface area contributed by atoms with E-state index in [1.165, 1.54) is 9.80 Å². The van der Waals surface area contributed by atoms with E-state index in [1.807, 2.05) is 0 Å². The van der Waals surface area contributed by atoms with Gasteiger partial charge in [-0.05, 0) is 0 Å². The van der Waals surface area contributed by atoms with Gasteiger partial charge in [0.15, 0.2) is 0 Å². The number of carboxylic acid groups (broad SMARTS) is 2. The third kappa shape index (κ3) is 8.52. The molecule has 1 rings (SSSR count). The molecule has 9 heteroatoms. The molecule has 0 bridgehead atoms. The van der Waals surface area contributed by atoms with Gasteiger partial charge in [0.1, 0.15) is 0 Å². The van der Waals surface area contributed by atoms with Crippen molar-refractivity contribution in [2.45, 2.75) is 6.10 Å². The van der Waals surface area contributed by atoms with Crippen molar-refractivity contribution < 1.29 is 84.0 Å². The maximum Gasteiger partial charge on any atom is 1.00 e. The van der Waals surface area contributed by atoms with Crippen LogP contribution in [0.5, 0.6) is 0 Å². The number of β-amino-alcohol motifs (C(OH)–C–C–N with tert-alkyl or cyclic N) is 1. The number of carboxylic acids is 2. The fourth-order valence-corrected chi connectivity index (χ4v) is 1.65. The van der Waals surface area contributed by atoms with E-state index in [2.05, 4.69) is 0 Å². The molecule has 1 N–H and O–H groups in total. The Morgan fingerprint density at radius 2 is 1.41 bits per heavy atom. The van der Waals surface area contributed by atoms with Gasteiger partial charge in [-0.15, -0.1) is 0 Å². The summed E-state index contributed by atoms with van der Waals surface area (Å²) in [6, 6.07) is 0. The van der Waals surface area contributed by atoms with Crippen molar-refractivity contribution >= 4 is 11.9 Å². The SMILES string of the molecule is O=C([O-])CN1CC(O)CN(CC(=O)[O-])C1.[Na+].[Na+]. The van der Waals surface area contributed by atoms with Crippen molar-refractivity contribution in [2.75, 3.05) is 32.8 Å². The summed E-state index contributed by atoms with van der Waals surface area (Å²) in [6.45, 7) is -0.0463. The van der Waals surface area contributed by atoms with E-state index >= 15 is 0 Å². The molecule has 0 amide bonds. The van der Waals surface area contributed by atoms with Gasteiger partial charge < -0.3 is 24.9 Å². The number of hydrogen-bond acceptors (Lipinski definition) is 7. The van der Waals surface area contributed by atoms with E-state index in [4.69, 9.17) is 0 Å². The summed E-state index contributed by atoms with van der Waals surface area (Å²) >= 11 is 0. The number of hydrogen-bond donors (Lipinski definition) is 1. The van der Waals surface area contributed by atoms with Gasteiger partial charge in [-0.3, -0.25) is 9.80 Å². The zero-order valence-corrected chi connectivity index (χ0v) is 14.1. The normalized spacial score (nSPS) is 17.9. The van der Waals surface area contributed by atoms with Gasteiger partial charge in [0, 0.05) is 26.2 Å². The van der Waals surface area contributed by atoms with Gasteiger partial charge in [-0.2, -0.15) is 0 Å². The first-order chi connectivity index (χ1) is 6.97. The summed E-state index contributed by atoms with van der Waals surface area (Å²) in [7, 11) is 0. The molecule has 0 saturated carbocycles. The summed E-state index contributed by atoms with van der Waals surface area (Å²) < 4.78 is 0. The second-order valence-corrected chi connectivity index (χ2v) is 3.56. The molecule has 0 unspecified atom stereocenters. The molecule has 0 spiro atoms. The predicted molar refractivity (Wildman–Crippen MR) is 44.0 cm³/mol. The number of aliphatic hydroxyl groups excluding tert-OH is 1. The minimum atomic E-state index is -1.25. The topological polar surface area (TPSA) is 107 Å². The first-order valence-corrected chi connectivity index (χ1v) is 4.50. The third-order valence-electron chi connectivity index (χ3n) is 2.04. The number of carbonyl (C=O) groups is 2. The van der Waals surface area contributed by atoms with Crippen LogP contribution < -0.4 is 69.3 Å². The smallest absolute Gasteiger partial charge is 0.549 e. The van der Waals surface area contributed by atoms with Crippen LogP contribution in [0.25, 0.3) is 0 Å². The maximum atomic E-state index is 10.3. The maximum absolute atomic E-state index is 10.3. The first kappa shape index (κ1) is 20.1. The third-order valence-corrected chi connectivity index (χ3v) is 2.04. The molecular weight excluding hydrogens is 250 g/mol. The minimum Gasteiger partial charge on any atom is -0.549 e. The Morgan fingerprint density at radius 3 is 1.71 bits per heavy atom. The van der Waals surface area contributed by atoms with Gasteiger partial charge >= 0.3 is 59.1 Å². The van der Waals surface area contributed by atoms with Crippen molar-refractivity contribution in [3.05, 3.63) is 0 Å². The molecule has 0 aromatic heterocycles. The van der Waals surface area contributed by atoms with E-state index in [0.717, 1.165) is 0 Å². The standard InChI is InChI=1S/C8H14N2O5.2Na/c11-6-1-9(3-7(12)13)5-10(2-6)4-8(14)15;;/h6,11H,1-5H2,(H,12,13)(H,14,15);;/q;2*+1/p-2. The van der Waals surface area contributed by atoms with Crippen molar-refractivity contribution in [1.82, 2.24) is 9.80 Å². The summed E-state index contributed by atoms with van der Waals surface area (Å²) in [5.41, 5.74) is 0. The molecule has 7 nitrogen and oxygen atoms in total. The number of rotatable bonds is 4. The molecule has 1 aliphatic heterocycles. The van der Waals surface area contributed by atoms with Crippen LogP contribution in [0.4, 0.5) is 0 Å². The molecule has 0 aromatic carbocycles. The van der Waals surface area contributed by atoms with Crippen molar-refractivity contribution in [1.29, 1.82) is 0 Å². The fraction of sp³-hybridized carbons (Fsp3) is 0.750. The molecular formula is C8H12N2Na2O5. The van der Waals surface area contributed by atoms with Crippen molar-refractivity contribution in [3.8, 4) is 0 Å². The second-order valence-electron chi connectivity index (χ2n) is 3.56. The Hall–Kier alpha value is 0.820. The average Bonchev–Trinajstić information content (AvgIpc) is 1.98. The van der Waals surface area contributed by atoms with Gasteiger partial charge in [0.2, 0.25) is 0 Å².